The molecule has 1 radical (unpaired) electrons. The summed E-state index contributed by atoms with van der Waals surface area (Å²) in [5, 5.41) is 9.68. The van der Waals surface area contributed by atoms with Crippen molar-refractivity contribution < 1.29 is 5.11 Å². The number of pyridine rings is 1. The molecule has 0 aliphatic rings. The lowest BCUT2D eigenvalue weighted by Gasteiger charge is -2.08. The van der Waals surface area contributed by atoms with Crippen molar-refractivity contribution in [3.05, 3.63) is 30.1 Å². The van der Waals surface area contributed by atoms with Crippen LogP contribution in [0.2, 0.25) is 0 Å². The molecular formula is C11H16NO. The maximum atomic E-state index is 9.68. The van der Waals surface area contributed by atoms with Crippen LogP contribution >= 0.6 is 0 Å². The van der Waals surface area contributed by atoms with Gasteiger partial charge in [0.15, 0.2) is 0 Å². The molecule has 0 saturated heterocycles. The monoisotopic (exact) mass is 178 g/mol. The second kappa shape index (κ2) is 5.70. The standard InChI is InChI=1S/C11H16NO/c1-2-3-4-7-11(13)10-6-5-8-12-9-10/h5-6,8,11,13H,2-4,7H2,1H3. The van der Waals surface area contributed by atoms with Crippen LogP contribution in [0.1, 0.15) is 44.3 Å². The molecule has 0 aromatic carbocycles. The highest BCUT2D eigenvalue weighted by Gasteiger charge is 2.06. The number of aliphatic hydroxyl groups excluding tert-OH is 1. The van der Waals surface area contributed by atoms with Crippen molar-refractivity contribution in [1.82, 2.24) is 4.98 Å². The number of hydrogen-bond donors (Lipinski definition) is 1. The lowest BCUT2D eigenvalue weighted by atomic mass is 10.1. The third-order valence-corrected chi connectivity index (χ3v) is 2.07. The first kappa shape index (κ1) is 10.2. The molecule has 1 aromatic rings. The first-order valence-corrected chi connectivity index (χ1v) is 4.85. The van der Waals surface area contributed by atoms with E-state index in [0.29, 0.717) is 0 Å². The van der Waals surface area contributed by atoms with Crippen molar-refractivity contribution in [3.63, 3.8) is 0 Å². The minimum absolute atomic E-state index is 0.389. The van der Waals surface area contributed by atoms with E-state index in [1.807, 2.05) is 12.1 Å². The van der Waals surface area contributed by atoms with E-state index in [1.54, 1.807) is 6.20 Å². The molecule has 0 bridgehead atoms. The molecule has 0 saturated carbocycles. The summed E-state index contributed by atoms with van der Waals surface area (Å²) in [4.78, 5) is 3.85. The maximum absolute atomic E-state index is 9.68. The molecule has 1 aromatic heterocycles. The molecule has 0 aliphatic carbocycles. The number of unbranched alkanes of at least 4 members (excludes halogenated alkanes) is 2. The lowest BCUT2D eigenvalue weighted by Crippen LogP contribution is -1.97. The molecule has 1 heterocycles. The summed E-state index contributed by atoms with van der Waals surface area (Å²) >= 11 is 0. The van der Waals surface area contributed by atoms with Crippen LogP contribution in [-0.2, 0) is 0 Å². The molecule has 0 fully saturated rings. The number of rotatable bonds is 5. The van der Waals surface area contributed by atoms with Crippen LogP contribution in [0, 0.1) is 6.20 Å². The molecule has 13 heavy (non-hydrogen) atoms. The Morgan fingerprint density at radius 3 is 3.00 bits per heavy atom. The number of nitrogens with zero attached hydrogens (tertiary/aromatic N) is 1. The predicted octanol–water partition coefficient (Wildman–Crippen LogP) is 2.50. The molecule has 2 nitrogen and oxygen atoms in total. The summed E-state index contributed by atoms with van der Waals surface area (Å²) in [7, 11) is 0. The van der Waals surface area contributed by atoms with Crippen molar-refractivity contribution >= 4 is 0 Å². The smallest absolute Gasteiger partial charge is 0.0947 e. The van der Waals surface area contributed by atoms with E-state index in [9.17, 15) is 5.11 Å². The van der Waals surface area contributed by atoms with Gasteiger partial charge in [0, 0.05) is 11.8 Å². The van der Waals surface area contributed by atoms with Crippen LogP contribution in [0.3, 0.4) is 0 Å². The van der Waals surface area contributed by atoms with E-state index in [1.165, 1.54) is 12.8 Å². The van der Waals surface area contributed by atoms with Crippen LogP contribution in [0.5, 0.6) is 0 Å². The van der Waals surface area contributed by atoms with Crippen molar-refractivity contribution in [2.24, 2.45) is 0 Å². The summed E-state index contributed by atoms with van der Waals surface area (Å²) in [5.41, 5.74) is 0.804. The van der Waals surface area contributed by atoms with Crippen LogP contribution in [0.15, 0.2) is 18.3 Å². The Balaban J connectivity index is 2.35. The van der Waals surface area contributed by atoms with E-state index in [4.69, 9.17) is 0 Å². The average molecular weight is 178 g/mol. The second-order valence-corrected chi connectivity index (χ2v) is 3.22. The molecule has 1 rings (SSSR count). The first-order chi connectivity index (χ1) is 6.34. The molecule has 1 atom stereocenters. The fourth-order valence-corrected chi connectivity index (χ4v) is 1.27. The van der Waals surface area contributed by atoms with Crippen molar-refractivity contribution in [3.8, 4) is 0 Å². The van der Waals surface area contributed by atoms with E-state index in [0.717, 1.165) is 18.4 Å². The number of hydrogen-bond acceptors (Lipinski definition) is 2. The molecule has 71 valence electrons. The quantitative estimate of drug-likeness (QED) is 0.703. The van der Waals surface area contributed by atoms with Crippen LogP contribution in [-0.4, -0.2) is 10.1 Å². The van der Waals surface area contributed by atoms with Gasteiger partial charge in [-0.25, -0.2) is 0 Å². The minimum Gasteiger partial charge on any atom is -0.388 e. The lowest BCUT2D eigenvalue weighted by molar-refractivity contribution is 0.163. The molecule has 1 unspecified atom stereocenters. The molecule has 0 aliphatic heterocycles. The molecule has 0 spiro atoms. The third-order valence-electron chi connectivity index (χ3n) is 2.07. The van der Waals surface area contributed by atoms with Crippen LogP contribution < -0.4 is 0 Å². The van der Waals surface area contributed by atoms with E-state index < -0.39 is 0 Å². The van der Waals surface area contributed by atoms with Crippen LogP contribution in [0.25, 0.3) is 0 Å². The van der Waals surface area contributed by atoms with Gasteiger partial charge in [0.05, 0.1) is 12.3 Å². The van der Waals surface area contributed by atoms with Gasteiger partial charge in [0.2, 0.25) is 0 Å². The van der Waals surface area contributed by atoms with Crippen molar-refractivity contribution in [2.45, 2.75) is 38.7 Å². The SMILES string of the molecule is CCCCCC(O)c1[c]nccc1. The zero-order valence-corrected chi connectivity index (χ0v) is 8.03. The zero-order valence-electron chi connectivity index (χ0n) is 8.03. The Kier molecular flexibility index (Phi) is 4.47. The Bertz CT molecular complexity index is 223. The highest BCUT2D eigenvalue weighted by Crippen LogP contribution is 2.17. The highest BCUT2D eigenvalue weighted by atomic mass is 16.3. The largest absolute Gasteiger partial charge is 0.388 e. The average Bonchev–Trinajstić information content (AvgIpc) is 2.19. The minimum atomic E-state index is -0.389. The summed E-state index contributed by atoms with van der Waals surface area (Å²) in [6.07, 6.45) is 8.32. The Morgan fingerprint density at radius 2 is 2.38 bits per heavy atom. The van der Waals surface area contributed by atoms with Gasteiger partial charge in [-0.15, -0.1) is 0 Å². The summed E-state index contributed by atoms with van der Waals surface area (Å²) in [6, 6.07) is 3.69. The fourth-order valence-electron chi connectivity index (χ4n) is 1.27. The fraction of sp³-hybridized carbons (Fsp3) is 0.545. The second-order valence-electron chi connectivity index (χ2n) is 3.22. The van der Waals surface area contributed by atoms with Crippen molar-refractivity contribution in [1.29, 1.82) is 0 Å². The first-order valence-electron chi connectivity index (χ1n) is 4.85. The van der Waals surface area contributed by atoms with Gasteiger partial charge >= 0.3 is 0 Å². The van der Waals surface area contributed by atoms with E-state index in [-0.39, 0.29) is 6.10 Å². The summed E-state index contributed by atoms with van der Waals surface area (Å²) in [6.45, 7) is 2.16. The van der Waals surface area contributed by atoms with Crippen molar-refractivity contribution in [2.75, 3.05) is 0 Å². The summed E-state index contributed by atoms with van der Waals surface area (Å²) < 4.78 is 0. The van der Waals surface area contributed by atoms with E-state index >= 15 is 0 Å². The highest BCUT2D eigenvalue weighted by molar-refractivity contribution is 5.09. The van der Waals surface area contributed by atoms with Gasteiger partial charge in [0.25, 0.3) is 0 Å². The van der Waals surface area contributed by atoms with Gasteiger partial charge in [-0.3, -0.25) is 4.98 Å². The van der Waals surface area contributed by atoms with Gasteiger partial charge < -0.3 is 5.11 Å². The van der Waals surface area contributed by atoms with Gasteiger partial charge in [-0.2, -0.15) is 0 Å². The molecule has 0 amide bonds. The summed E-state index contributed by atoms with van der Waals surface area (Å²) in [5.74, 6) is 0. The Labute approximate surface area is 79.6 Å². The van der Waals surface area contributed by atoms with Gasteiger partial charge in [-0.1, -0.05) is 32.3 Å². The van der Waals surface area contributed by atoms with Crippen LogP contribution in [0.4, 0.5) is 0 Å². The Morgan fingerprint density at radius 1 is 1.54 bits per heavy atom. The van der Waals surface area contributed by atoms with E-state index in [2.05, 4.69) is 18.1 Å². The predicted molar refractivity (Wildman–Crippen MR) is 52.2 cm³/mol. The Hall–Kier alpha value is -0.890. The normalized spacial score (nSPS) is 12.8. The molecule has 2 heteroatoms. The maximum Gasteiger partial charge on any atom is 0.0947 e. The zero-order chi connectivity index (χ0) is 9.52. The van der Waals surface area contributed by atoms with Gasteiger partial charge in [-0.05, 0) is 12.5 Å². The van der Waals surface area contributed by atoms with Gasteiger partial charge in [0.1, 0.15) is 0 Å². The third kappa shape index (κ3) is 3.55. The number of aliphatic hydroxyl groups is 1. The topological polar surface area (TPSA) is 33.1 Å². The molecule has 1 N–H and O–H groups in total. The molecular weight excluding hydrogens is 162 g/mol. The number of aromatic nitrogens is 1.